The van der Waals surface area contributed by atoms with E-state index in [9.17, 15) is 4.79 Å². The molecule has 0 bridgehead atoms. The van der Waals surface area contributed by atoms with Crippen LogP contribution in [0, 0.1) is 11.3 Å². The largest absolute Gasteiger partial charge is 0.353 e. The summed E-state index contributed by atoms with van der Waals surface area (Å²) in [6, 6.07) is 10.4. The highest BCUT2D eigenvalue weighted by molar-refractivity contribution is 5.80. The standard InChI is InChI=1S/C21H29NO3/c1-15(2)11-16(3)19(23)22-14-20(12-21(13-20,24-4)25-5)18(22)17-9-7-6-8-10-17/h6-10,16,18H,1,11-14H2,2-5H3. The first kappa shape index (κ1) is 18.2. The van der Waals surface area contributed by atoms with Gasteiger partial charge in [0.25, 0.3) is 0 Å². The molecule has 4 nitrogen and oxygen atoms in total. The van der Waals surface area contributed by atoms with Crippen LogP contribution in [0.25, 0.3) is 0 Å². The minimum atomic E-state index is -0.495. The second-order valence-corrected chi connectivity index (χ2v) is 7.88. The van der Waals surface area contributed by atoms with E-state index >= 15 is 0 Å². The number of hydrogen-bond donors (Lipinski definition) is 0. The Morgan fingerprint density at radius 1 is 1.28 bits per heavy atom. The summed E-state index contributed by atoms with van der Waals surface area (Å²) in [5, 5.41) is 0. The third kappa shape index (κ3) is 3.02. The lowest BCUT2D eigenvalue weighted by molar-refractivity contribution is -0.332. The Labute approximate surface area is 150 Å². The normalized spacial score (nSPS) is 24.3. The van der Waals surface area contributed by atoms with E-state index in [-0.39, 0.29) is 23.3 Å². The van der Waals surface area contributed by atoms with Crippen molar-refractivity contribution in [2.45, 2.75) is 44.9 Å². The van der Waals surface area contributed by atoms with Gasteiger partial charge in [-0.05, 0) is 18.9 Å². The molecule has 1 aromatic carbocycles. The number of allylic oxidation sites excluding steroid dienone is 1. The Morgan fingerprint density at radius 2 is 1.88 bits per heavy atom. The summed E-state index contributed by atoms with van der Waals surface area (Å²) in [5.74, 6) is -0.309. The van der Waals surface area contributed by atoms with Gasteiger partial charge in [0.05, 0.1) is 6.04 Å². The first-order valence-corrected chi connectivity index (χ1v) is 8.96. The number of methoxy groups -OCH3 is 2. The zero-order valence-electron chi connectivity index (χ0n) is 15.7. The number of carbonyl (C=O) groups is 1. The van der Waals surface area contributed by atoms with E-state index in [4.69, 9.17) is 9.47 Å². The minimum absolute atomic E-state index is 0.0317. The molecule has 1 aliphatic heterocycles. The molecular formula is C21H29NO3. The molecule has 3 rings (SSSR count). The van der Waals surface area contributed by atoms with Crippen molar-refractivity contribution in [3.05, 3.63) is 48.0 Å². The monoisotopic (exact) mass is 343 g/mol. The van der Waals surface area contributed by atoms with Crippen LogP contribution in [0.15, 0.2) is 42.5 Å². The average Bonchev–Trinajstić information content (AvgIpc) is 2.54. The molecule has 1 amide bonds. The van der Waals surface area contributed by atoms with Gasteiger partial charge in [-0.1, -0.05) is 42.8 Å². The van der Waals surface area contributed by atoms with Crippen molar-refractivity contribution in [1.29, 1.82) is 0 Å². The van der Waals surface area contributed by atoms with Gasteiger partial charge in [-0.3, -0.25) is 4.79 Å². The fourth-order valence-electron chi connectivity index (χ4n) is 4.70. The quantitative estimate of drug-likeness (QED) is 0.580. The SMILES string of the molecule is C=C(C)CC(C)C(=O)N1CC2(CC(OC)(OC)C2)C1c1ccccc1. The average molecular weight is 343 g/mol. The Bertz CT molecular complexity index is 642. The number of amides is 1. The number of benzene rings is 1. The number of likely N-dealkylation sites (tertiary alicyclic amines) is 1. The molecule has 1 spiro atoms. The van der Waals surface area contributed by atoms with Crippen LogP contribution in [0.1, 0.15) is 44.7 Å². The van der Waals surface area contributed by atoms with Gasteiger partial charge in [0, 0.05) is 44.9 Å². The molecule has 1 saturated heterocycles. The molecule has 0 N–H and O–H groups in total. The summed E-state index contributed by atoms with van der Waals surface area (Å²) in [4.78, 5) is 15.0. The second-order valence-electron chi connectivity index (χ2n) is 7.88. The molecule has 1 saturated carbocycles. The number of carbonyl (C=O) groups excluding carboxylic acids is 1. The van der Waals surface area contributed by atoms with Gasteiger partial charge in [0.2, 0.25) is 5.91 Å². The van der Waals surface area contributed by atoms with Crippen LogP contribution in [0.2, 0.25) is 0 Å². The van der Waals surface area contributed by atoms with Crippen molar-refractivity contribution >= 4 is 5.91 Å². The smallest absolute Gasteiger partial charge is 0.226 e. The molecule has 2 unspecified atom stereocenters. The van der Waals surface area contributed by atoms with Crippen LogP contribution >= 0.6 is 0 Å². The van der Waals surface area contributed by atoms with Crippen molar-refractivity contribution in [3.63, 3.8) is 0 Å². The van der Waals surface area contributed by atoms with Crippen molar-refractivity contribution < 1.29 is 14.3 Å². The first-order chi connectivity index (χ1) is 11.9. The van der Waals surface area contributed by atoms with Crippen molar-refractivity contribution in [3.8, 4) is 0 Å². The van der Waals surface area contributed by atoms with E-state index in [1.807, 2.05) is 36.9 Å². The zero-order chi connectivity index (χ0) is 18.2. The predicted octanol–water partition coefficient (Wildman–Crippen LogP) is 3.94. The van der Waals surface area contributed by atoms with E-state index < -0.39 is 5.79 Å². The molecule has 136 valence electrons. The van der Waals surface area contributed by atoms with Gasteiger partial charge >= 0.3 is 0 Å². The molecular weight excluding hydrogens is 314 g/mol. The van der Waals surface area contributed by atoms with Gasteiger partial charge in [-0.15, -0.1) is 6.58 Å². The molecule has 1 heterocycles. The van der Waals surface area contributed by atoms with Crippen LogP contribution in [-0.2, 0) is 14.3 Å². The summed E-state index contributed by atoms with van der Waals surface area (Å²) >= 11 is 0. The topological polar surface area (TPSA) is 38.8 Å². The summed E-state index contributed by atoms with van der Waals surface area (Å²) in [5.41, 5.74) is 2.31. The van der Waals surface area contributed by atoms with E-state index in [2.05, 4.69) is 18.7 Å². The lowest BCUT2D eigenvalue weighted by Crippen LogP contribution is -2.71. The van der Waals surface area contributed by atoms with E-state index in [0.717, 1.165) is 31.4 Å². The number of rotatable bonds is 6. The molecule has 4 heteroatoms. The molecule has 25 heavy (non-hydrogen) atoms. The maximum Gasteiger partial charge on any atom is 0.226 e. The summed E-state index contributed by atoms with van der Waals surface area (Å²) < 4.78 is 11.2. The zero-order valence-corrected chi connectivity index (χ0v) is 15.7. The maximum absolute atomic E-state index is 13.0. The summed E-state index contributed by atoms with van der Waals surface area (Å²) in [7, 11) is 3.40. The van der Waals surface area contributed by atoms with Crippen LogP contribution in [0.3, 0.4) is 0 Å². The Balaban J connectivity index is 1.82. The van der Waals surface area contributed by atoms with Gasteiger partial charge in [-0.2, -0.15) is 0 Å². The summed E-state index contributed by atoms with van der Waals surface area (Å²) in [6.45, 7) is 8.71. The number of nitrogens with zero attached hydrogens (tertiary/aromatic N) is 1. The minimum Gasteiger partial charge on any atom is -0.353 e. The third-order valence-electron chi connectivity index (χ3n) is 5.84. The third-order valence-corrected chi connectivity index (χ3v) is 5.84. The highest BCUT2D eigenvalue weighted by atomic mass is 16.7. The van der Waals surface area contributed by atoms with Gasteiger partial charge in [0.1, 0.15) is 0 Å². The van der Waals surface area contributed by atoms with Gasteiger partial charge < -0.3 is 14.4 Å². The Kier molecular flexibility index (Phi) is 4.78. The fraction of sp³-hybridized carbons (Fsp3) is 0.571. The maximum atomic E-state index is 13.0. The predicted molar refractivity (Wildman–Crippen MR) is 97.9 cm³/mol. The van der Waals surface area contributed by atoms with Gasteiger partial charge in [-0.25, -0.2) is 0 Å². The van der Waals surface area contributed by atoms with Crippen LogP contribution in [0.5, 0.6) is 0 Å². The Morgan fingerprint density at radius 3 is 2.40 bits per heavy atom. The van der Waals surface area contributed by atoms with Crippen molar-refractivity contribution in [1.82, 2.24) is 4.90 Å². The van der Waals surface area contributed by atoms with E-state index in [1.165, 1.54) is 5.56 Å². The van der Waals surface area contributed by atoms with Crippen molar-refractivity contribution in [2.24, 2.45) is 11.3 Å². The molecule has 1 aromatic rings. The number of ether oxygens (including phenoxy) is 2. The second kappa shape index (κ2) is 6.58. The van der Waals surface area contributed by atoms with Gasteiger partial charge in [0.15, 0.2) is 5.79 Å². The lowest BCUT2D eigenvalue weighted by Gasteiger charge is -2.67. The highest BCUT2D eigenvalue weighted by Gasteiger charge is 2.67. The highest BCUT2D eigenvalue weighted by Crippen LogP contribution is 2.65. The Hall–Kier alpha value is -1.65. The van der Waals surface area contributed by atoms with E-state index in [0.29, 0.717) is 0 Å². The van der Waals surface area contributed by atoms with Crippen LogP contribution in [0.4, 0.5) is 0 Å². The molecule has 1 aliphatic carbocycles. The molecule has 0 radical (unpaired) electrons. The van der Waals surface area contributed by atoms with Crippen LogP contribution < -0.4 is 0 Å². The lowest BCUT2D eigenvalue weighted by atomic mass is 9.53. The molecule has 2 atom stereocenters. The first-order valence-electron chi connectivity index (χ1n) is 8.96. The summed E-state index contributed by atoms with van der Waals surface area (Å²) in [6.07, 6.45) is 2.39. The number of hydrogen-bond acceptors (Lipinski definition) is 3. The molecule has 2 aliphatic rings. The molecule has 2 fully saturated rings. The van der Waals surface area contributed by atoms with Crippen LogP contribution in [-0.4, -0.2) is 37.4 Å². The van der Waals surface area contributed by atoms with Crippen molar-refractivity contribution in [2.75, 3.05) is 20.8 Å². The van der Waals surface area contributed by atoms with E-state index in [1.54, 1.807) is 14.2 Å². The fourth-order valence-corrected chi connectivity index (χ4v) is 4.70. The molecule has 0 aromatic heterocycles.